The van der Waals surface area contributed by atoms with Gasteiger partial charge in [0.05, 0.1) is 11.3 Å². The molecule has 2 heterocycles. The van der Waals surface area contributed by atoms with Gasteiger partial charge in [-0.1, -0.05) is 19.9 Å². The van der Waals surface area contributed by atoms with Crippen molar-refractivity contribution in [1.29, 1.82) is 0 Å². The van der Waals surface area contributed by atoms with Gasteiger partial charge in [-0.2, -0.15) is 0 Å². The molecular weight excluding hydrogens is 219 g/mol. The van der Waals surface area contributed by atoms with Crippen molar-refractivity contribution >= 4 is 11.6 Å². The molecule has 90 valence electrons. The molecule has 0 aliphatic carbocycles. The van der Waals surface area contributed by atoms with Crippen molar-refractivity contribution in [3.63, 3.8) is 0 Å². The zero-order valence-corrected chi connectivity index (χ0v) is 9.96. The molecule has 2 aliphatic heterocycles. The van der Waals surface area contributed by atoms with Crippen LogP contribution in [0.1, 0.15) is 30.6 Å². The highest BCUT2D eigenvalue weighted by Crippen LogP contribution is 2.41. The van der Waals surface area contributed by atoms with Crippen LogP contribution in [-0.2, 0) is 0 Å². The fraction of sp³-hybridized carbons (Fsp3) is 0.462. The summed E-state index contributed by atoms with van der Waals surface area (Å²) in [7, 11) is 0. The molecule has 0 aromatic heterocycles. The summed E-state index contributed by atoms with van der Waals surface area (Å²) in [5.74, 6) is -0.629. The van der Waals surface area contributed by atoms with Crippen LogP contribution in [0.4, 0.5) is 10.1 Å². The highest BCUT2D eigenvalue weighted by molar-refractivity contribution is 6.02. The highest BCUT2D eigenvalue weighted by atomic mass is 19.1. The van der Waals surface area contributed by atoms with Gasteiger partial charge < -0.3 is 10.2 Å². The van der Waals surface area contributed by atoms with Crippen molar-refractivity contribution in [3.05, 3.63) is 29.6 Å². The van der Waals surface area contributed by atoms with E-state index in [1.165, 1.54) is 6.07 Å². The molecule has 0 saturated carbocycles. The first kappa shape index (κ1) is 10.6. The van der Waals surface area contributed by atoms with Crippen LogP contribution in [0.2, 0.25) is 0 Å². The molecule has 1 aromatic rings. The molecule has 1 saturated heterocycles. The third-order valence-electron chi connectivity index (χ3n) is 3.83. The summed E-state index contributed by atoms with van der Waals surface area (Å²) in [6.07, 6.45) is 0.913. The van der Waals surface area contributed by atoms with Crippen molar-refractivity contribution in [2.24, 2.45) is 5.41 Å². The van der Waals surface area contributed by atoms with Crippen molar-refractivity contribution in [1.82, 2.24) is 4.90 Å². The average molecular weight is 234 g/mol. The number of hydrogen-bond acceptors (Lipinski definition) is 2. The van der Waals surface area contributed by atoms with Crippen LogP contribution < -0.4 is 5.32 Å². The number of anilines is 1. The number of nitrogens with one attached hydrogen (secondary N) is 1. The largest absolute Gasteiger partial charge is 0.364 e. The van der Waals surface area contributed by atoms with Crippen molar-refractivity contribution < 1.29 is 9.18 Å². The van der Waals surface area contributed by atoms with Gasteiger partial charge in [-0.3, -0.25) is 4.79 Å². The van der Waals surface area contributed by atoms with E-state index in [-0.39, 0.29) is 23.1 Å². The molecule has 2 aliphatic rings. The second-order valence-corrected chi connectivity index (χ2v) is 5.45. The van der Waals surface area contributed by atoms with Crippen molar-refractivity contribution in [2.75, 3.05) is 11.9 Å². The molecule has 17 heavy (non-hydrogen) atoms. The third-order valence-corrected chi connectivity index (χ3v) is 3.83. The summed E-state index contributed by atoms with van der Waals surface area (Å²) >= 11 is 0. The van der Waals surface area contributed by atoms with Crippen LogP contribution in [0.5, 0.6) is 0 Å². The SMILES string of the molecule is CC1(C)CCN2C(=O)c3c(F)cccc3NC21. The van der Waals surface area contributed by atoms with E-state index in [9.17, 15) is 9.18 Å². The Morgan fingerprint density at radius 2 is 2.24 bits per heavy atom. The summed E-state index contributed by atoms with van der Waals surface area (Å²) < 4.78 is 13.7. The van der Waals surface area contributed by atoms with E-state index in [0.717, 1.165) is 6.42 Å². The summed E-state index contributed by atoms with van der Waals surface area (Å²) in [4.78, 5) is 14.0. The average Bonchev–Trinajstić information content (AvgIpc) is 2.56. The molecule has 4 heteroatoms. The Kier molecular flexibility index (Phi) is 2.00. The van der Waals surface area contributed by atoms with Crippen LogP contribution in [0.25, 0.3) is 0 Å². The molecular formula is C13H15FN2O. The third kappa shape index (κ3) is 1.36. The molecule has 1 fully saturated rings. The Hall–Kier alpha value is -1.58. The number of hydrogen-bond donors (Lipinski definition) is 1. The topological polar surface area (TPSA) is 32.3 Å². The number of nitrogens with zero attached hydrogens (tertiary/aromatic N) is 1. The highest BCUT2D eigenvalue weighted by Gasteiger charge is 2.46. The van der Waals surface area contributed by atoms with Crippen LogP contribution in [0.3, 0.4) is 0 Å². The molecule has 1 N–H and O–H groups in total. The normalized spacial score (nSPS) is 25.2. The lowest BCUT2D eigenvalue weighted by Crippen LogP contribution is -2.49. The summed E-state index contributed by atoms with van der Waals surface area (Å²) in [6, 6.07) is 4.73. The van der Waals surface area contributed by atoms with Crippen molar-refractivity contribution in [2.45, 2.75) is 26.4 Å². The van der Waals surface area contributed by atoms with Gasteiger partial charge in [-0.25, -0.2) is 4.39 Å². The Labute approximate surface area is 99.6 Å². The Bertz CT molecular complexity index is 498. The predicted octanol–water partition coefficient (Wildman–Crippen LogP) is 2.45. The zero-order chi connectivity index (χ0) is 12.2. The molecule has 1 amide bonds. The monoisotopic (exact) mass is 234 g/mol. The van der Waals surface area contributed by atoms with E-state index in [0.29, 0.717) is 12.2 Å². The minimum absolute atomic E-state index is 0.0238. The first-order valence-electron chi connectivity index (χ1n) is 5.87. The molecule has 3 nitrogen and oxygen atoms in total. The second kappa shape index (κ2) is 3.22. The van der Waals surface area contributed by atoms with Gasteiger partial charge in [0.15, 0.2) is 0 Å². The number of benzene rings is 1. The Morgan fingerprint density at radius 1 is 1.47 bits per heavy atom. The molecule has 1 unspecified atom stereocenters. The fourth-order valence-corrected chi connectivity index (χ4v) is 2.74. The van der Waals surface area contributed by atoms with Crippen molar-refractivity contribution in [3.8, 4) is 0 Å². The molecule has 1 aromatic carbocycles. The minimum atomic E-state index is -0.442. The fourth-order valence-electron chi connectivity index (χ4n) is 2.74. The van der Waals surface area contributed by atoms with E-state index >= 15 is 0 Å². The smallest absolute Gasteiger partial charge is 0.260 e. The predicted molar refractivity (Wildman–Crippen MR) is 63.2 cm³/mol. The lowest BCUT2D eigenvalue weighted by atomic mass is 9.88. The van der Waals surface area contributed by atoms with E-state index in [1.807, 2.05) is 0 Å². The standard InChI is InChI=1S/C13H15FN2O/c1-13(2)6-7-16-11(17)10-8(14)4-3-5-9(10)15-12(13)16/h3-5,12,15H,6-7H2,1-2H3. The van der Waals surface area contributed by atoms with Gasteiger partial charge >= 0.3 is 0 Å². The van der Waals surface area contributed by atoms with Gasteiger partial charge in [0.2, 0.25) is 0 Å². The van der Waals surface area contributed by atoms with Crippen LogP contribution in [0.15, 0.2) is 18.2 Å². The quantitative estimate of drug-likeness (QED) is 0.747. The Balaban J connectivity index is 2.11. The molecule has 0 bridgehead atoms. The molecule has 0 spiro atoms. The van der Waals surface area contributed by atoms with Gasteiger partial charge in [-0.15, -0.1) is 0 Å². The number of carbonyl (C=O) groups is 1. The van der Waals surface area contributed by atoms with Gasteiger partial charge in [0.1, 0.15) is 12.0 Å². The number of carbonyl (C=O) groups excluding carboxylic acids is 1. The zero-order valence-electron chi connectivity index (χ0n) is 9.96. The van der Waals surface area contributed by atoms with E-state index in [4.69, 9.17) is 0 Å². The van der Waals surface area contributed by atoms with Gasteiger partial charge in [0.25, 0.3) is 5.91 Å². The lowest BCUT2D eigenvalue weighted by molar-refractivity contribution is 0.0694. The van der Waals surface area contributed by atoms with E-state index in [1.54, 1.807) is 17.0 Å². The van der Waals surface area contributed by atoms with Gasteiger partial charge in [-0.05, 0) is 18.6 Å². The maximum absolute atomic E-state index is 13.7. The van der Waals surface area contributed by atoms with Gasteiger partial charge in [0, 0.05) is 12.0 Å². The lowest BCUT2D eigenvalue weighted by Gasteiger charge is -2.38. The first-order valence-corrected chi connectivity index (χ1v) is 5.87. The summed E-state index contributed by atoms with van der Waals surface area (Å²) in [6.45, 7) is 4.95. The van der Waals surface area contributed by atoms with Crippen LogP contribution in [-0.4, -0.2) is 23.5 Å². The molecule has 1 atom stereocenters. The number of halogens is 1. The van der Waals surface area contributed by atoms with E-state index in [2.05, 4.69) is 19.2 Å². The number of amides is 1. The maximum Gasteiger partial charge on any atom is 0.260 e. The first-order chi connectivity index (χ1) is 8.00. The van der Waals surface area contributed by atoms with Crippen LogP contribution >= 0.6 is 0 Å². The maximum atomic E-state index is 13.7. The van der Waals surface area contributed by atoms with Crippen LogP contribution in [0, 0.1) is 11.2 Å². The summed E-state index contributed by atoms with van der Waals surface area (Å²) in [5.41, 5.74) is 0.826. The molecule has 0 radical (unpaired) electrons. The van der Waals surface area contributed by atoms with E-state index < -0.39 is 5.82 Å². The Morgan fingerprint density at radius 3 is 3.00 bits per heavy atom. The minimum Gasteiger partial charge on any atom is -0.364 e. The summed E-state index contributed by atoms with van der Waals surface area (Å²) in [5, 5.41) is 3.29. The molecule has 3 rings (SSSR count). The number of fused-ring (bicyclic) bond motifs is 2. The number of rotatable bonds is 0. The second-order valence-electron chi connectivity index (χ2n) is 5.45.